The number of amides is 2. The summed E-state index contributed by atoms with van der Waals surface area (Å²) in [6.07, 6.45) is 1.15. The van der Waals surface area contributed by atoms with Crippen LogP contribution in [0.1, 0.15) is 19.8 Å². The maximum absolute atomic E-state index is 12.0. The van der Waals surface area contributed by atoms with Crippen LogP contribution in [0.15, 0.2) is 30.3 Å². The van der Waals surface area contributed by atoms with Crippen molar-refractivity contribution in [3.05, 3.63) is 30.3 Å². The van der Waals surface area contributed by atoms with Gasteiger partial charge in [0.1, 0.15) is 5.75 Å². The minimum Gasteiger partial charge on any atom is -0.496 e. The number of aromatic amines is 1. The fraction of sp³-hybridized carbons (Fsp3) is 0.389. The molecule has 7 heteroatoms. The SMILES string of the molecule is COc1ccccc1-c1cc(NC(=O)CCNC(=O)[C@H]2C[C@H]2C)n[nH]1. The average molecular weight is 342 g/mol. The molecule has 3 rings (SSSR count). The zero-order chi connectivity index (χ0) is 17.8. The third kappa shape index (κ3) is 4.17. The summed E-state index contributed by atoms with van der Waals surface area (Å²) >= 11 is 0. The molecule has 0 unspecified atom stereocenters. The Morgan fingerprint density at radius 3 is 2.84 bits per heavy atom. The summed E-state index contributed by atoms with van der Waals surface area (Å²) in [5, 5.41) is 12.5. The van der Waals surface area contributed by atoms with E-state index in [4.69, 9.17) is 4.74 Å². The van der Waals surface area contributed by atoms with Crippen LogP contribution < -0.4 is 15.4 Å². The second-order valence-corrected chi connectivity index (χ2v) is 6.28. The molecule has 0 radical (unpaired) electrons. The summed E-state index contributed by atoms with van der Waals surface area (Å²) in [7, 11) is 1.61. The number of nitrogens with one attached hydrogen (secondary N) is 3. The van der Waals surface area contributed by atoms with Crippen molar-refractivity contribution in [1.29, 1.82) is 0 Å². The van der Waals surface area contributed by atoms with E-state index in [1.165, 1.54) is 0 Å². The third-order valence-electron chi connectivity index (χ3n) is 4.34. The number of carbonyl (C=O) groups excluding carboxylic acids is 2. The second kappa shape index (κ2) is 7.38. The number of para-hydroxylation sites is 1. The highest BCUT2D eigenvalue weighted by Gasteiger charge is 2.38. The lowest BCUT2D eigenvalue weighted by Crippen LogP contribution is -2.29. The van der Waals surface area contributed by atoms with Gasteiger partial charge in [0.05, 0.1) is 12.8 Å². The van der Waals surface area contributed by atoms with Gasteiger partial charge in [-0.2, -0.15) is 5.10 Å². The Morgan fingerprint density at radius 1 is 1.36 bits per heavy atom. The lowest BCUT2D eigenvalue weighted by atomic mass is 10.1. The highest BCUT2D eigenvalue weighted by molar-refractivity contribution is 5.91. The van der Waals surface area contributed by atoms with E-state index < -0.39 is 0 Å². The summed E-state index contributed by atoms with van der Waals surface area (Å²) < 4.78 is 5.32. The molecule has 2 aromatic rings. The first-order chi connectivity index (χ1) is 12.1. The molecule has 0 bridgehead atoms. The number of carbonyl (C=O) groups is 2. The zero-order valence-electron chi connectivity index (χ0n) is 14.3. The number of hydrogen-bond acceptors (Lipinski definition) is 4. The number of anilines is 1. The Balaban J connectivity index is 1.51. The van der Waals surface area contributed by atoms with E-state index in [1.54, 1.807) is 13.2 Å². The highest BCUT2D eigenvalue weighted by atomic mass is 16.5. The number of aromatic nitrogens is 2. The molecule has 0 spiro atoms. The lowest BCUT2D eigenvalue weighted by Gasteiger charge is -2.05. The van der Waals surface area contributed by atoms with Crippen LogP contribution in [0.25, 0.3) is 11.3 Å². The van der Waals surface area contributed by atoms with Crippen molar-refractivity contribution in [2.45, 2.75) is 19.8 Å². The van der Waals surface area contributed by atoms with Gasteiger partial charge in [-0.1, -0.05) is 19.1 Å². The first-order valence-electron chi connectivity index (χ1n) is 8.35. The maximum Gasteiger partial charge on any atom is 0.227 e. The number of ether oxygens (including phenoxy) is 1. The van der Waals surface area contributed by atoms with Gasteiger partial charge in [0, 0.05) is 30.5 Å². The Kier molecular flexibility index (Phi) is 5.02. The Morgan fingerprint density at radius 2 is 2.12 bits per heavy atom. The molecule has 0 aliphatic heterocycles. The monoisotopic (exact) mass is 342 g/mol. The van der Waals surface area contributed by atoms with Crippen LogP contribution in [0, 0.1) is 11.8 Å². The van der Waals surface area contributed by atoms with Gasteiger partial charge in [0.2, 0.25) is 11.8 Å². The normalized spacial score (nSPS) is 18.5. The Hall–Kier alpha value is -2.83. The molecule has 1 aromatic carbocycles. The van der Waals surface area contributed by atoms with Gasteiger partial charge in [0.25, 0.3) is 0 Å². The van der Waals surface area contributed by atoms with Gasteiger partial charge in [-0.25, -0.2) is 0 Å². The first-order valence-corrected chi connectivity index (χ1v) is 8.35. The van der Waals surface area contributed by atoms with Crippen molar-refractivity contribution in [3.8, 4) is 17.0 Å². The van der Waals surface area contributed by atoms with Crippen LogP contribution in [0.5, 0.6) is 5.75 Å². The molecule has 1 fully saturated rings. The van der Waals surface area contributed by atoms with E-state index >= 15 is 0 Å². The molecule has 1 heterocycles. The fourth-order valence-electron chi connectivity index (χ4n) is 2.71. The van der Waals surface area contributed by atoms with Crippen molar-refractivity contribution in [1.82, 2.24) is 15.5 Å². The maximum atomic E-state index is 12.0. The van der Waals surface area contributed by atoms with E-state index in [0.29, 0.717) is 18.3 Å². The van der Waals surface area contributed by atoms with E-state index in [0.717, 1.165) is 23.4 Å². The molecule has 132 valence electrons. The molecule has 1 aliphatic rings. The average Bonchev–Trinajstić information content (AvgIpc) is 3.17. The topological polar surface area (TPSA) is 96.1 Å². The molecule has 3 N–H and O–H groups in total. The van der Waals surface area contributed by atoms with Crippen LogP contribution >= 0.6 is 0 Å². The number of H-pyrrole nitrogens is 1. The summed E-state index contributed by atoms with van der Waals surface area (Å²) in [6.45, 7) is 2.38. The quantitative estimate of drug-likeness (QED) is 0.718. The zero-order valence-corrected chi connectivity index (χ0v) is 14.3. The fourth-order valence-corrected chi connectivity index (χ4v) is 2.71. The first kappa shape index (κ1) is 17.0. The van der Waals surface area contributed by atoms with Crippen LogP contribution in [-0.2, 0) is 9.59 Å². The van der Waals surface area contributed by atoms with Crippen molar-refractivity contribution in [2.75, 3.05) is 19.0 Å². The van der Waals surface area contributed by atoms with Gasteiger partial charge in [0.15, 0.2) is 5.82 Å². The summed E-state index contributed by atoms with van der Waals surface area (Å²) in [5.41, 5.74) is 1.62. The molecule has 2 atom stereocenters. The molecule has 1 aliphatic carbocycles. The molecule has 25 heavy (non-hydrogen) atoms. The smallest absolute Gasteiger partial charge is 0.227 e. The van der Waals surface area contributed by atoms with Crippen LogP contribution in [0.3, 0.4) is 0 Å². The number of hydrogen-bond donors (Lipinski definition) is 3. The molecule has 7 nitrogen and oxygen atoms in total. The molecule has 1 aromatic heterocycles. The van der Waals surface area contributed by atoms with Crippen molar-refractivity contribution < 1.29 is 14.3 Å². The summed E-state index contributed by atoms with van der Waals surface area (Å²) in [6, 6.07) is 9.31. The molecule has 2 amide bonds. The Labute approximate surface area is 146 Å². The minimum absolute atomic E-state index is 0.0403. The highest BCUT2D eigenvalue weighted by Crippen LogP contribution is 2.37. The van der Waals surface area contributed by atoms with Crippen LogP contribution in [-0.4, -0.2) is 35.7 Å². The van der Waals surface area contributed by atoms with Gasteiger partial charge in [-0.3, -0.25) is 14.7 Å². The predicted octanol–water partition coefficient (Wildman–Crippen LogP) is 2.19. The number of rotatable bonds is 7. The Bertz CT molecular complexity index is 771. The molecule has 1 saturated carbocycles. The summed E-state index contributed by atoms with van der Waals surface area (Å²) in [4.78, 5) is 23.7. The third-order valence-corrected chi connectivity index (χ3v) is 4.34. The molecular weight excluding hydrogens is 320 g/mol. The number of nitrogens with zero attached hydrogens (tertiary/aromatic N) is 1. The lowest BCUT2D eigenvalue weighted by molar-refractivity contribution is -0.122. The van der Waals surface area contributed by atoms with Crippen molar-refractivity contribution >= 4 is 17.6 Å². The van der Waals surface area contributed by atoms with Gasteiger partial charge in [-0.05, 0) is 24.5 Å². The predicted molar refractivity (Wildman–Crippen MR) is 94.1 cm³/mol. The van der Waals surface area contributed by atoms with Crippen LogP contribution in [0.4, 0.5) is 5.82 Å². The minimum atomic E-state index is -0.192. The van der Waals surface area contributed by atoms with Gasteiger partial charge < -0.3 is 15.4 Å². The van der Waals surface area contributed by atoms with E-state index in [9.17, 15) is 9.59 Å². The number of benzene rings is 1. The van der Waals surface area contributed by atoms with E-state index in [2.05, 4.69) is 20.8 Å². The standard InChI is InChI=1S/C18H22N4O3/c1-11-9-13(11)18(24)19-8-7-17(23)20-16-10-14(21-22-16)12-5-3-4-6-15(12)25-2/h3-6,10-11,13H,7-9H2,1-2H3,(H,19,24)(H2,20,21,22,23)/t11-,13+/m1/s1. The van der Waals surface area contributed by atoms with Crippen LogP contribution in [0.2, 0.25) is 0 Å². The number of methoxy groups -OCH3 is 1. The second-order valence-electron chi connectivity index (χ2n) is 6.28. The summed E-state index contributed by atoms with van der Waals surface area (Å²) in [5.74, 6) is 1.60. The van der Waals surface area contributed by atoms with E-state index in [1.807, 2.05) is 31.2 Å². The van der Waals surface area contributed by atoms with Crippen molar-refractivity contribution in [2.24, 2.45) is 11.8 Å². The molecule has 0 saturated heterocycles. The van der Waals surface area contributed by atoms with Gasteiger partial charge in [-0.15, -0.1) is 0 Å². The van der Waals surface area contributed by atoms with E-state index in [-0.39, 0.29) is 24.2 Å². The van der Waals surface area contributed by atoms with Crippen molar-refractivity contribution in [3.63, 3.8) is 0 Å². The van der Waals surface area contributed by atoms with Gasteiger partial charge >= 0.3 is 0 Å². The largest absolute Gasteiger partial charge is 0.496 e. The molecular formula is C18H22N4O3.